The van der Waals surface area contributed by atoms with E-state index >= 15 is 0 Å². The second-order valence-corrected chi connectivity index (χ2v) is 5.76. The van der Waals surface area contributed by atoms with E-state index < -0.39 is 0 Å². The van der Waals surface area contributed by atoms with Crippen LogP contribution in [0.3, 0.4) is 0 Å². The van der Waals surface area contributed by atoms with Gasteiger partial charge in [0.05, 0.1) is 29.5 Å². The minimum Gasteiger partial charge on any atom is -0.497 e. The number of rotatable bonds is 4. The number of benzene rings is 2. The first-order valence-electron chi connectivity index (χ1n) is 6.25. The van der Waals surface area contributed by atoms with Gasteiger partial charge in [0.2, 0.25) is 0 Å². The summed E-state index contributed by atoms with van der Waals surface area (Å²) in [7, 11) is 3.25. The van der Waals surface area contributed by atoms with E-state index in [1.807, 2.05) is 30.3 Å². The normalized spacial score (nSPS) is 10.6. The van der Waals surface area contributed by atoms with Crippen molar-refractivity contribution in [3.05, 3.63) is 41.4 Å². The van der Waals surface area contributed by atoms with Crippen molar-refractivity contribution >= 4 is 44.0 Å². The van der Waals surface area contributed by atoms with E-state index in [0.29, 0.717) is 10.8 Å². The predicted molar refractivity (Wildman–Crippen MR) is 87.5 cm³/mol. The standard InChI is InChI=1S/C15H13ClN2O2S/c1-19-10-4-6-12-14(8-10)21-15(18-12)17-9-3-5-11(16)13(7-9)20-2/h3-8H,1-2H3,(H,17,18). The fourth-order valence-corrected chi connectivity index (χ4v) is 3.06. The summed E-state index contributed by atoms with van der Waals surface area (Å²) < 4.78 is 11.5. The molecule has 2 aromatic carbocycles. The minimum atomic E-state index is 0.581. The molecule has 0 aliphatic rings. The molecule has 0 spiro atoms. The van der Waals surface area contributed by atoms with Crippen molar-refractivity contribution in [1.29, 1.82) is 0 Å². The molecule has 1 aromatic heterocycles. The number of methoxy groups -OCH3 is 2. The van der Waals surface area contributed by atoms with Gasteiger partial charge < -0.3 is 14.8 Å². The van der Waals surface area contributed by atoms with Crippen LogP contribution in [-0.4, -0.2) is 19.2 Å². The van der Waals surface area contributed by atoms with Crippen molar-refractivity contribution in [2.45, 2.75) is 0 Å². The maximum absolute atomic E-state index is 6.02. The molecule has 21 heavy (non-hydrogen) atoms. The van der Waals surface area contributed by atoms with Gasteiger partial charge >= 0.3 is 0 Å². The molecule has 0 amide bonds. The fraction of sp³-hybridized carbons (Fsp3) is 0.133. The van der Waals surface area contributed by atoms with Crippen molar-refractivity contribution < 1.29 is 9.47 Å². The highest BCUT2D eigenvalue weighted by molar-refractivity contribution is 7.22. The van der Waals surface area contributed by atoms with Gasteiger partial charge in [0.25, 0.3) is 0 Å². The molecule has 0 saturated carbocycles. The van der Waals surface area contributed by atoms with Crippen LogP contribution >= 0.6 is 22.9 Å². The number of halogens is 1. The summed E-state index contributed by atoms with van der Waals surface area (Å²) in [5.74, 6) is 1.45. The summed E-state index contributed by atoms with van der Waals surface area (Å²) in [5.41, 5.74) is 1.81. The molecule has 3 aromatic rings. The van der Waals surface area contributed by atoms with Gasteiger partial charge in [-0.2, -0.15) is 0 Å². The Labute approximate surface area is 131 Å². The molecule has 4 nitrogen and oxygen atoms in total. The molecule has 0 fully saturated rings. The molecule has 0 atom stereocenters. The van der Waals surface area contributed by atoms with Crippen molar-refractivity contribution in [1.82, 2.24) is 4.98 Å². The first-order valence-corrected chi connectivity index (χ1v) is 7.44. The van der Waals surface area contributed by atoms with Crippen molar-refractivity contribution in [3.8, 4) is 11.5 Å². The van der Waals surface area contributed by atoms with E-state index in [1.165, 1.54) is 0 Å². The summed E-state index contributed by atoms with van der Waals surface area (Å²) in [5, 5.41) is 4.65. The van der Waals surface area contributed by atoms with Gasteiger partial charge in [-0.1, -0.05) is 22.9 Å². The lowest BCUT2D eigenvalue weighted by Gasteiger charge is -2.06. The van der Waals surface area contributed by atoms with Crippen LogP contribution < -0.4 is 14.8 Å². The Hall–Kier alpha value is -1.98. The maximum atomic E-state index is 6.02. The molecular weight excluding hydrogens is 308 g/mol. The van der Waals surface area contributed by atoms with Crippen LogP contribution in [0.5, 0.6) is 11.5 Å². The van der Waals surface area contributed by atoms with Crippen molar-refractivity contribution in [3.63, 3.8) is 0 Å². The number of hydrogen-bond acceptors (Lipinski definition) is 5. The molecule has 0 aliphatic carbocycles. The number of aromatic nitrogens is 1. The number of nitrogens with zero attached hydrogens (tertiary/aromatic N) is 1. The van der Waals surface area contributed by atoms with E-state index in [0.717, 1.165) is 26.8 Å². The Bertz CT molecular complexity index is 788. The van der Waals surface area contributed by atoms with Crippen LogP contribution in [0.15, 0.2) is 36.4 Å². The van der Waals surface area contributed by atoms with Crippen LogP contribution in [0.25, 0.3) is 10.2 Å². The second-order valence-electron chi connectivity index (χ2n) is 4.33. The van der Waals surface area contributed by atoms with Gasteiger partial charge in [0.15, 0.2) is 5.13 Å². The topological polar surface area (TPSA) is 43.4 Å². The zero-order valence-electron chi connectivity index (χ0n) is 11.5. The smallest absolute Gasteiger partial charge is 0.188 e. The van der Waals surface area contributed by atoms with Gasteiger partial charge in [-0.15, -0.1) is 0 Å². The average molecular weight is 321 g/mol. The lowest BCUT2D eigenvalue weighted by Crippen LogP contribution is -1.91. The van der Waals surface area contributed by atoms with Crippen molar-refractivity contribution in [2.24, 2.45) is 0 Å². The number of thiazole rings is 1. The van der Waals surface area contributed by atoms with Crippen LogP contribution in [0.1, 0.15) is 0 Å². The summed E-state index contributed by atoms with van der Waals surface area (Å²) in [6.07, 6.45) is 0. The number of fused-ring (bicyclic) bond motifs is 1. The monoisotopic (exact) mass is 320 g/mol. The predicted octanol–water partition coefficient (Wildman–Crippen LogP) is 4.71. The minimum absolute atomic E-state index is 0.581. The molecule has 0 radical (unpaired) electrons. The first-order chi connectivity index (χ1) is 10.2. The Morgan fingerprint density at radius 3 is 2.71 bits per heavy atom. The van der Waals surface area contributed by atoms with E-state index in [4.69, 9.17) is 21.1 Å². The maximum Gasteiger partial charge on any atom is 0.188 e. The second kappa shape index (κ2) is 5.79. The molecule has 1 heterocycles. The van der Waals surface area contributed by atoms with E-state index in [2.05, 4.69) is 10.3 Å². The highest BCUT2D eigenvalue weighted by atomic mass is 35.5. The summed E-state index contributed by atoms with van der Waals surface area (Å²) in [4.78, 5) is 4.54. The summed E-state index contributed by atoms with van der Waals surface area (Å²) in [6, 6.07) is 11.3. The quantitative estimate of drug-likeness (QED) is 0.756. The molecule has 3 rings (SSSR count). The zero-order chi connectivity index (χ0) is 14.8. The Morgan fingerprint density at radius 2 is 1.95 bits per heavy atom. The van der Waals surface area contributed by atoms with Crippen LogP contribution in [-0.2, 0) is 0 Å². The Kier molecular flexibility index (Phi) is 3.86. The lowest BCUT2D eigenvalue weighted by atomic mass is 10.3. The zero-order valence-corrected chi connectivity index (χ0v) is 13.1. The number of nitrogens with one attached hydrogen (secondary N) is 1. The molecule has 1 N–H and O–H groups in total. The van der Waals surface area contributed by atoms with Gasteiger partial charge in [0.1, 0.15) is 11.5 Å². The van der Waals surface area contributed by atoms with E-state index in [9.17, 15) is 0 Å². The number of hydrogen-bond donors (Lipinski definition) is 1. The van der Waals surface area contributed by atoms with Gasteiger partial charge in [-0.25, -0.2) is 4.98 Å². The van der Waals surface area contributed by atoms with Gasteiger partial charge in [-0.05, 0) is 30.3 Å². The Balaban J connectivity index is 1.90. The van der Waals surface area contributed by atoms with Crippen molar-refractivity contribution in [2.75, 3.05) is 19.5 Å². The van der Waals surface area contributed by atoms with E-state index in [-0.39, 0.29) is 0 Å². The number of anilines is 2. The molecule has 0 aliphatic heterocycles. The molecular formula is C15H13ClN2O2S. The summed E-state index contributed by atoms with van der Waals surface area (Å²) in [6.45, 7) is 0. The third-order valence-electron chi connectivity index (χ3n) is 3.00. The third kappa shape index (κ3) is 2.89. The highest BCUT2D eigenvalue weighted by Gasteiger charge is 2.07. The molecule has 0 bridgehead atoms. The van der Waals surface area contributed by atoms with E-state index in [1.54, 1.807) is 31.6 Å². The van der Waals surface area contributed by atoms with Crippen LogP contribution in [0, 0.1) is 0 Å². The Morgan fingerprint density at radius 1 is 1.10 bits per heavy atom. The number of ether oxygens (including phenoxy) is 2. The SMILES string of the molecule is COc1ccc2nc(Nc3ccc(Cl)c(OC)c3)sc2c1. The van der Waals surface area contributed by atoms with Crippen LogP contribution in [0.2, 0.25) is 5.02 Å². The molecule has 0 saturated heterocycles. The third-order valence-corrected chi connectivity index (χ3v) is 4.24. The molecule has 108 valence electrons. The molecule has 6 heteroatoms. The first kappa shape index (κ1) is 14.0. The average Bonchev–Trinajstić information content (AvgIpc) is 2.90. The molecule has 0 unspecified atom stereocenters. The summed E-state index contributed by atoms with van der Waals surface area (Å²) >= 11 is 7.58. The highest BCUT2D eigenvalue weighted by Crippen LogP contribution is 2.33. The fourth-order valence-electron chi connectivity index (χ4n) is 1.95. The van der Waals surface area contributed by atoms with Gasteiger partial charge in [-0.3, -0.25) is 0 Å². The largest absolute Gasteiger partial charge is 0.497 e. The van der Waals surface area contributed by atoms with Crippen LogP contribution in [0.4, 0.5) is 10.8 Å². The lowest BCUT2D eigenvalue weighted by molar-refractivity contribution is 0.415. The van der Waals surface area contributed by atoms with Gasteiger partial charge in [0, 0.05) is 11.8 Å².